The molecule has 7 heteroatoms. The highest BCUT2D eigenvalue weighted by Gasteiger charge is 2.16. The average Bonchev–Trinajstić information content (AvgIpc) is 2.76. The van der Waals surface area contributed by atoms with Crippen molar-refractivity contribution in [3.63, 3.8) is 0 Å². The molecule has 0 spiro atoms. The van der Waals surface area contributed by atoms with Gasteiger partial charge in [0.15, 0.2) is 0 Å². The lowest BCUT2D eigenvalue weighted by Crippen LogP contribution is -2.15. The summed E-state index contributed by atoms with van der Waals surface area (Å²) in [6.45, 7) is 8.66. The zero-order valence-electron chi connectivity index (χ0n) is 19.4. The molecule has 0 atom stereocenters. The van der Waals surface area contributed by atoms with E-state index in [1.165, 1.54) is 12.1 Å². The second kappa shape index (κ2) is 10.5. The number of anilines is 2. The summed E-state index contributed by atoms with van der Waals surface area (Å²) in [6.07, 6.45) is 0.935. The molecule has 0 fully saturated rings. The minimum atomic E-state index is -3.75. The molecule has 0 saturated carbocycles. The molecule has 0 bridgehead atoms. The van der Waals surface area contributed by atoms with Crippen molar-refractivity contribution in [1.29, 1.82) is 0 Å². The van der Waals surface area contributed by atoms with E-state index in [-0.39, 0.29) is 10.8 Å². The monoisotopic (exact) mass is 466 g/mol. The highest BCUT2D eigenvalue weighted by molar-refractivity contribution is 7.92. The van der Waals surface area contributed by atoms with Gasteiger partial charge in [0.1, 0.15) is 5.75 Å². The summed E-state index contributed by atoms with van der Waals surface area (Å²) in [5, 5.41) is 2.79. The first kappa shape index (κ1) is 24.3. The summed E-state index contributed by atoms with van der Waals surface area (Å²) < 4.78 is 33.8. The predicted octanol–water partition coefficient (Wildman–Crippen LogP) is 5.78. The number of hydrogen-bond donors (Lipinski definition) is 2. The number of amides is 1. The molecule has 0 radical (unpaired) electrons. The number of rotatable bonds is 9. The Balaban J connectivity index is 1.66. The van der Waals surface area contributed by atoms with Gasteiger partial charge in [-0.15, -0.1) is 0 Å². The van der Waals surface area contributed by atoms with Crippen LogP contribution >= 0.6 is 0 Å². The van der Waals surface area contributed by atoms with E-state index in [9.17, 15) is 13.2 Å². The maximum Gasteiger partial charge on any atom is 0.261 e. The lowest BCUT2D eigenvalue weighted by molar-refractivity contribution is 0.102. The molecule has 0 aliphatic heterocycles. The maximum absolute atomic E-state index is 12.7. The van der Waals surface area contributed by atoms with E-state index >= 15 is 0 Å². The minimum Gasteiger partial charge on any atom is -0.494 e. The Labute approximate surface area is 196 Å². The average molecular weight is 467 g/mol. The Bertz CT molecular complexity index is 1220. The number of benzene rings is 3. The summed E-state index contributed by atoms with van der Waals surface area (Å²) in [4.78, 5) is 12.8. The van der Waals surface area contributed by atoms with Crippen molar-refractivity contribution >= 4 is 27.3 Å². The third kappa shape index (κ3) is 6.83. The molecule has 0 unspecified atom stereocenters. The summed E-state index contributed by atoms with van der Waals surface area (Å²) in [7, 11) is -3.75. The molecule has 0 saturated heterocycles. The lowest BCUT2D eigenvalue weighted by Gasteiger charge is -2.12. The third-order valence-electron chi connectivity index (χ3n) is 5.11. The summed E-state index contributed by atoms with van der Waals surface area (Å²) in [5.74, 6) is 0.884. The molecule has 0 aliphatic carbocycles. The zero-order chi connectivity index (χ0) is 24.0. The first-order valence-electron chi connectivity index (χ1n) is 10.9. The Hall–Kier alpha value is -3.32. The van der Waals surface area contributed by atoms with Crippen LogP contribution in [0.3, 0.4) is 0 Å². The molecule has 0 heterocycles. The van der Waals surface area contributed by atoms with Crippen molar-refractivity contribution < 1.29 is 17.9 Å². The highest BCUT2D eigenvalue weighted by atomic mass is 32.2. The molecule has 3 rings (SSSR count). The van der Waals surface area contributed by atoms with Gasteiger partial charge in [0.25, 0.3) is 15.9 Å². The molecular weight excluding hydrogens is 436 g/mol. The Kier molecular flexibility index (Phi) is 7.76. The second-order valence-corrected chi connectivity index (χ2v) is 10.1. The van der Waals surface area contributed by atoms with Crippen LogP contribution in [0.15, 0.2) is 71.6 Å². The smallest absolute Gasteiger partial charge is 0.261 e. The van der Waals surface area contributed by atoms with E-state index in [2.05, 4.69) is 23.9 Å². The van der Waals surface area contributed by atoms with Crippen molar-refractivity contribution in [3.8, 4) is 5.75 Å². The van der Waals surface area contributed by atoms with Crippen LogP contribution in [0.25, 0.3) is 0 Å². The number of aryl methyl sites for hydroxylation is 2. The van der Waals surface area contributed by atoms with Gasteiger partial charge in [0.05, 0.1) is 17.2 Å². The molecule has 3 aromatic rings. The number of carbonyl (C=O) groups is 1. The fraction of sp³-hybridized carbons (Fsp3) is 0.269. The van der Waals surface area contributed by atoms with Gasteiger partial charge in [0.2, 0.25) is 0 Å². The molecule has 33 heavy (non-hydrogen) atoms. The number of sulfonamides is 1. The van der Waals surface area contributed by atoms with Gasteiger partial charge in [-0.25, -0.2) is 8.42 Å². The predicted molar refractivity (Wildman–Crippen MR) is 133 cm³/mol. The SMILES string of the molecule is Cc1ccc(NS(=O)(=O)c2ccc(NC(=O)c3cccc(OCCC(C)C)c3)cc2)c(C)c1. The minimum absolute atomic E-state index is 0.112. The van der Waals surface area contributed by atoms with Crippen molar-refractivity contribution in [2.24, 2.45) is 5.92 Å². The van der Waals surface area contributed by atoms with E-state index in [0.29, 0.717) is 35.2 Å². The maximum atomic E-state index is 12.7. The third-order valence-corrected chi connectivity index (χ3v) is 6.49. The molecule has 0 aliphatic rings. The quantitative estimate of drug-likeness (QED) is 0.419. The van der Waals surface area contributed by atoms with Crippen molar-refractivity contribution in [2.45, 2.75) is 39.0 Å². The van der Waals surface area contributed by atoms with Crippen LogP contribution in [-0.2, 0) is 10.0 Å². The van der Waals surface area contributed by atoms with Gasteiger partial charge in [-0.05, 0) is 80.3 Å². The molecule has 174 valence electrons. The van der Waals surface area contributed by atoms with E-state index in [4.69, 9.17) is 4.74 Å². The van der Waals surface area contributed by atoms with Crippen LogP contribution in [0.5, 0.6) is 5.75 Å². The van der Waals surface area contributed by atoms with Crippen molar-refractivity contribution in [3.05, 3.63) is 83.4 Å². The van der Waals surface area contributed by atoms with Crippen LogP contribution in [0, 0.1) is 19.8 Å². The Morgan fingerprint density at radius 3 is 2.36 bits per heavy atom. The van der Waals surface area contributed by atoms with Crippen LogP contribution in [0.1, 0.15) is 41.8 Å². The number of ether oxygens (including phenoxy) is 1. The van der Waals surface area contributed by atoms with Crippen LogP contribution in [0.2, 0.25) is 0 Å². The van der Waals surface area contributed by atoms with E-state index in [1.807, 2.05) is 32.0 Å². The molecular formula is C26H30N2O4S. The van der Waals surface area contributed by atoms with E-state index < -0.39 is 10.0 Å². The summed E-state index contributed by atoms with van der Waals surface area (Å²) >= 11 is 0. The Morgan fingerprint density at radius 2 is 1.70 bits per heavy atom. The largest absolute Gasteiger partial charge is 0.494 e. The normalized spacial score (nSPS) is 11.3. The topological polar surface area (TPSA) is 84.5 Å². The number of carbonyl (C=O) groups excluding carboxylic acids is 1. The summed E-state index contributed by atoms with van der Waals surface area (Å²) in [6, 6.07) is 18.6. The fourth-order valence-corrected chi connectivity index (χ4v) is 4.32. The molecule has 3 aromatic carbocycles. The number of nitrogens with one attached hydrogen (secondary N) is 2. The molecule has 2 N–H and O–H groups in total. The number of hydrogen-bond acceptors (Lipinski definition) is 4. The van der Waals surface area contributed by atoms with E-state index in [0.717, 1.165) is 17.5 Å². The van der Waals surface area contributed by atoms with Gasteiger partial charge < -0.3 is 10.1 Å². The zero-order valence-corrected chi connectivity index (χ0v) is 20.2. The van der Waals surface area contributed by atoms with Crippen LogP contribution in [-0.4, -0.2) is 20.9 Å². The molecule has 6 nitrogen and oxygen atoms in total. The first-order chi connectivity index (χ1) is 15.6. The Morgan fingerprint density at radius 1 is 0.970 bits per heavy atom. The van der Waals surface area contributed by atoms with Gasteiger partial charge in [-0.3, -0.25) is 9.52 Å². The summed E-state index contributed by atoms with van der Waals surface area (Å²) in [5.41, 5.74) is 3.40. The standard InChI is InChI=1S/C26H30N2O4S/c1-18(2)14-15-32-23-7-5-6-21(17-23)26(29)27-22-9-11-24(12-10-22)33(30,31)28-25-13-8-19(3)16-20(25)4/h5-13,16-18,28H,14-15H2,1-4H3,(H,27,29). The van der Waals surface area contributed by atoms with Gasteiger partial charge in [-0.1, -0.05) is 37.6 Å². The second-order valence-electron chi connectivity index (χ2n) is 8.46. The van der Waals surface area contributed by atoms with Gasteiger partial charge in [-0.2, -0.15) is 0 Å². The van der Waals surface area contributed by atoms with E-state index in [1.54, 1.807) is 36.4 Å². The van der Waals surface area contributed by atoms with Crippen molar-refractivity contribution in [2.75, 3.05) is 16.6 Å². The van der Waals surface area contributed by atoms with Crippen molar-refractivity contribution in [1.82, 2.24) is 0 Å². The molecule has 0 aromatic heterocycles. The molecule has 1 amide bonds. The van der Waals surface area contributed by atoms with Gasteiger partial charge in [0, 0.05) is 11.3 Å². The highest BCUT2D eigenvalue weighted by Crippen LogP contribution is 2.22. The first-order valence-corrected chi connectivity index (χ1v) is 12.4. The van der Waals surface area contributed by atoms with Gasteiger partial charge >= 0.3 is 0 Å². The fourth-order valence-electron chi connectivity index (χ4n) is 3.19. The lowest BCUT2D eigenvalue weighted by atomic mass is 10.1. The van der Waals surface area contributed by atoms with Crippen LogP contribution < -0.4 is 14.8 Å². The van der Waals surface area contributed by atoms with Crippen LogP contribution in [0.4, 0.5) is 11.4 Å².